The number of nitrogens with one attached hydrogen (secondary N) is 1. The van der Waals surface area contributed by atoms with E-state index in [1.54, 1.807) is 6.07 Å². The van der Waals surface area contributed by atoms with E-state index in [9.17, 15) is 0 Å². The molecule has 0 saturated heterocycles. The zero-order valence-electron chi connectivity index (χ0n) is 9.06. The molecule has 3 rings (SSSR count). The molecule has 0 atom stereocenters. The molecule has 1 aromatic carbocycles. The van der Waals surface area contributed by atoms with E-state index in [1.807, 2.05) is 18.2 Å². The fourth-order valence-corrected chi connectivity index (χ4v) is 1.92. The molecule has 5 heteroatoms. The van der Waals surface area contributed by atoms with Crippen molar-refractivity contribution in [1.29, 1.82) is 0 Å². The Morgan fingerprint density at radius 1 is 1.12 bits per heavy atom. The smallest absolute Gasteiger partial charge is 0.194 e. The molecule has 2 heterocycles. The summed E-state index contributed by atoms with van der Waals surface area (Å²) in [6.45, 7) is 0.515. The second-order valence-electron chi connectivity index (χ2n) is 3.80. The third-order valence-corrected chi connectivity index (χ3v) is 2.63. The summed E-state index contributed by atoms with van der Waals surface area (Å²) >= 11 is 0. The molecule has 0 saturated carbocycles. The van der Waals surface area contributed by atoms with Crippen molar-refractivity contribution in [3.05, 3.63) is 24.3 Å². The molecular formula is C12H12N2O3. The van der Waals surface area contributed by atoms with Crippen LogP contribution >= 0.6 is 0 Å². The molecule has 17 heavy (non-hydrogen) atoms. The molecule has 88 valence electrons. The predicted octanol–water partition coefficient (Wildman–Crippen LogP) is 2.17. The number of hydrogen-bond donors (Lipinski definition) is 3. The molecule has 0 aliphatic rings. The van der Waals surface area contributed by atoms with Crippen LogP contribution in [0.1, 0.15) is 0 Å². The number of hydrogen-bond acceptors (Lipinski definition) is 5. The Morgan fingerprint density at radius 3 is 2.59 bits per heavy atom. The minimum atomic E-state index is 0.0606. The Balaban J connectivity index is 2.16. The standard InChI is InChI=1S/C12H12N2O3/c13-11-5-7-8-6-12(14-3-4-15)17-10(8)2-1-9(7)16-11/h1-2,5-6,14-15H,3-4,13H2. The highest BCUT2D eigenvalue weighted by molar-refractivity contribution is 6.06. The second-order valence-corrected chi connectivity index (χ2v) is 3.80. The first-order valence-corrected chi connectivity index (χ1v) is 5.34. The number of anilines is 2. The normalized spacial score (nSPS) is 11.4. The number of aliphatic hydroxyl groups excluding tert-OH is 1. The van der Waals surface area contributed by atoms with E-state index in [4.69, 9.17) is 19.7 Å². The topological polar surface area (TPSA) is 84.6 Å². The van der Waals surface area contributed by atoms with Gasteiger partial charge in [-0.2, -0.15) is 0 Å². The fourth-order valence-electron chi connectivity index (χ4n) is 1.92. The Bertz CT molecular complexity index is 669. The van der Waals surface area contributed by atoms with Crippen molar-refractivity contribution in [2.75, 3.05) is 24.2 Å². The lowest BCUT2D eigenvalue weighted by Gasteiger charge is -1.96. The molecule has 0 aliphatic carbocycles. The molecule has 0 fully saturated rings. The van der Waals surface area contributed by atoms with Gasteiger partial charge in [0.2, 0.25) is 0 Å². The van der Waals surface area contributed by atoms with Crippen LogP contribution in [0.2, 0.25) is 0 Å². The monoisotopic (exact) mass is 232 g/mol. The van der Waals surface area contributed by atoms with Gasteiger partial charge in [0.1, 0.15) is 11.2 Å². The predicted molar refractivity (Wildman–Crippen MR) is 66.0 cm³/mol. The highest BCUT2D eigenvalue weighted by atomic mass is 16.4. The van der Waals surface area contributed by atoms with Crippen LogP contribution in [0.15, 0.2) is 33.1 Å². The SMILES string of the molecule is Nc1cc2c(ccc3oc(NCCO)cc32)o1. The quantitative estimate of drug-likeness (QED) is 0.644. The first-order valence-electron chi connectivity index (χ1n) is 5.34. The van der Waals surface area contributed by atoms with Gasteiger partial charge >= 0.3 is 0 Å². The van der Waals surface area contributed by atoms with Gasteiger partial charge in [-0.05, 0) is 12.1 Å². The van der Waals surface area contributed by atoms with Crippen molar-refractivity contribution < 1.29 is 13.9 Å². The van der Waals surface area contributed by atoms with E-state index in [0.717, 1.165) is 21.9 Å². The second kappa shape index (κ2) is 3.71. The first kappa shape index (κ1) is 10.0. The van der Waals surface area contributed by atoms with Gasteiger partial charge in [-0.1, -0.05) is 0 Å². The Labute approximate surface area is 96.8 Å². The maximum atomic E-state index is 8.74. The van der Waals surface area contributed by atoms with Crippen molar-refractivity contribution in [3.8, 4) is 0 Å². The molecule has 0 bridgehead atoms. The van der Waals surface area contributed by atoms with Crippen LogP contribution in [0, 0.1) is 0 Å². The number of benzene rings is 1. The molecule has 3 aromatic rings. The molecule has 2 aromatic heterocycles. The minimum Gasteiger partial charge on any atom is -0.441 e. The van der Waals surface area contributed by atoms with Gasteiger partial charge in [-0.3, -0.25) is 0 Å². The van der Waals surface area contributed by atoms with Crippen molar-refractivity contribution >= 4 is 33.7 Å². The molecular weight excluding hydrogens is 220 g/mol. The van der Waals surface area contributed by atoms with Crippen LogP contribution in [-0.4, -0.2) is 18.3 Å². The van der Waals surface area contributed by atoms with Crippen LogP contribution in [0.25, 0.3) is 21.9 Å². The number of aliphatic hydroxyl groups is 1. The lowest BCUT2D eigenvalue weighted by Crippen LogP contribution is -2.03. The lowest BCUT2D eigenvalue weighted by molar-refractivity contribution is 0.310. The Morgan fingerprint density at radius 2 is 1.82 bits per heavy atom. The number of rotatable bonds is 3. The van der Waals surface area contributed by atoms with Crippen LogP contribution in [0.4, 0.5) is 11.8 Å². The van der Waals surface area contributed by atoms with Crippen molar-refractivity contribution in [3.63, 3.8) is 0 Å². The van der Waals surface area contributed by atoms with Gasteiger partial charge in [0, 0.05) is 29.4 Å². The molecule has 0 radical (unpaired) electrons. The molecule has 0 aliphatic heterocycles. The van der Waals surface area contributed by atoms with Crippen LogP contribution in [0.3, 0.4) is 0 Å². The number of nitrogens with two attached hydrogens (primary N) is 1. The number of furan rings is 2. The van der Waals surface area contributed by atoms with Gasteiger partial charge < -0.3 is 25.0 Å². The molecule has 0 unspecified atom stereocenters. The van der Waals surface area contributed by atoms with E-state index in [-0.39, 0.29) is 6.61 Å². The number of fused-ring (bicyclic) bond motifs is 3. The van der Waals surface area contributed by atoms with Gasteiger partial charge in [-0.25, -0.2) is 0 Å². The summed E-state index contributed by atoms with van der Waals surface area (Å²) in [7, 11) is 0. The number of nitrogen functional groups attached to an aromatic ring is 1. The molecule has 4 N–H and O–H groups in total. The molecule has 0 amide bonds. The third-order valence-electron chi connectivity index (χ3n) is 2.63. The average molecular weight is 232 g/mol. The first-order chi connectivity index (χ1) is 8.28. The zero-order chi connectivity index (χ0) is 11.8. The summed E-state index contributed by atoms with van der Waals surface area (Å²) in [5.41, 5.74) is 7.13. The van der Waals surface area contributed by atoms with E-state index in [2.05, 4.69) is 5.32 Å². The summed E-state index contributed by atoms with van der Waals surface area (Å²) in [6.07, 6.45) is 0. The van der Waals surface area contributed by atoms with Crippen molar-refractivity contribution in [2.45, 2.75) is 0 Å². The van der Waals surface area contributed by atoms with Crippen LogP contribution < -0.4 is 11.1 Å². The lowest BCUT2D eigenvalue weighted by atomic mass is 10.2. The zero-order valence-corrected chi connectivity index (χ0v) is 9.06. The van der Waals surface area contributed by atoms with Gasteiger partial charge in [-0.15, -0.1) is 0 Å². The van der Waals surface area contributed by atoms with E-state index in [0.29, 0.717) is 18.3 Å². The highest BCUT2D eigenvalue weighted by Crippen LogP contribution is 2.32. The summed E-state index contributed by atoms with van der Waals surface area (Å²) in [6, 6.07) is 7.32. The Hall–Kier alpha value is -2.14. The Kier molecular flexibility index (Phi) is 2.19. The van der Waals surface area contributed by atoms with Crippen LogP contribution in [0.5, 0.6) is 0 Å². The van der Waals surface area contributed by atoms with E-state index >= 15 is 0 Å². The average Bonchev–Trinajstić information content (AvgIpc) is 2.87. The summed E-state index contributed by atoms with van der Waals surface area (Å²) < 4.78 is 10.9. The maximum absolute atomic E-state index is 8.74. The summed E-state index contributed by atoms with van der Waals surface area (Å²) in [5, 5.41) is 13.6. The maximum Gasteiger partial charge on any atom is 0.194 e. The van der Waals surface area contributed by atoms with Crippen LogP contribution in [-0.2, 0) is 0 Å². The molecule has 5 nitrogen and oxygen atoms in total. The summed E-state index contributed by atoms with van der Waals surface area (Å²) in [4.78, 5) is 0. The van der Waals surface area contributed by atoms with Crippen molar-refractivity contribution in [1.82, 2.24) is 0 Å². The van der Waals surface area contributed by atoms with E-state index < -0.39 is 0 Å². The van der Waals surface area contributed by atoms with Crippen molar-refractivity contribution in [2.24, 2.45) is 0 Å². The fraction of sp³-hybridized carbons (Fsp3) is 0.167. The third kappa shape index (κ3) is 1.60. The van der Waals surface area contributed by atoms with Gasteiger partial charge in [0.25, 0.3) is 0 Å². The summed E-state index contributed by atoms with van der Waals surface area (Å²) in [5.74, 6) is 1.01. The van der Waals surface area contributed by atoms with Gasteiger partial charge in [0.15, 0.2) is 11.8 Å². The molecule has 0 spiro atoms. The highest BCUT2D eigenvalue weighted by Gasteiger charge is 2.10. The van der Waals surface area contributed by atoms with Gasteiger partial charge in [0.05, 0.1) is 6.61 Å². The van der Waals surface area contributed by atoms with E-state index in [1.165, 1.54) is 0 Å². The minimum absolute atomic E-state index is 0.0606. The largest absolute Gasteiger partial charge is 0.441 e.